The van der Waals surface area contributed by atoms with Crippen molar-refractivity contribution in [1.82, 2.24) is 0 Å². The summed E-state index contributed by atoms with van der Waals surface area (Å²) in [6.07, 6.45) is 3.59. The maximum Gasteiger partial charge on any atom is 0.338 e. The van der Waals surface area contributed by atoms with Crippen molar-refractivity contribution in [3.8, 4) is 0 Å². The van der Waals surface area contributed by atoms with Crippen LogP contribution in [0, 0.1) is 0 Å². The van der Waals surface area contributed by atoms with Crippen LogP contribution in [0.5, 0.6) is 0 Å². The Hall–Kier alpha value is -1.39. The normalized spacial score (nSPS) is 22.8. The van der Waals surface area contributed by atoms with Gasteiger partial charge in [0.25, 0.3) is 0 Å². The lowest BCUT2D eigenvalue weighted by atomic mass is 9.94. The monoisotopic (exact) mass is 292 g/mol. The molecule has 4 nitrogen and oxygen atoms in total. The van der Waals surface area contributed by atoms with Crippen LogP contribution in [0.3, 0.4) is 0 Å². The first kappa shape index (κ1) is 16.0. The molecule has 1 fully saturated rings. The molecule has 0 bridgehead atoms. The van der Waals surface area contributed by atoms with Crippen LogP contribution < -0.4 is 0 Å². The molecular weight excluding hydrogens is 268 g/mol. The fourth-order valence-electron chi connectivity index (χ4n) is 2.56. The molecule has 4 heteroatoms. The minimum atomic E-state index is -0.601. The van der Waals surface area contributed by atoms with Crippen LogP contribution in [0.1, 0.15) is 49.9 Å². The average Bonchev–Trinajstić information content (AvgIpc) is 2.48. The van der Waals surface area contributed by atoms with Gasteiger partial charge in [-0.15, -0.1) is 0 Å². The van der Waals surface area contributed by atoms with E-state index in [0.717, 1.165) is 25.7 Å². The van der Waals surface area contributed by atoms with Crippen LogP contribution in [0.4, 0.5) is 0 Å². The molecule has 0 N–H and O–H groups in total. The zero-order valence-electron chi connectivity index (χ0n) is 13.0. The molecule has 1 aliphatic rings. The van der Waals surface area contributed by atoms with Gasteiger partial charge in [0.2, 0.25) is 0 Å². The number of esters is 1. The number of benzene rings is 1. The Kier molecular flexibility index (Phi) is 5.37. The van der Waals surface area contributed by atoms with Gasteiger partial charge in [-0.05, 0) is 45.2 Å². The van der Waals surface area contributed by atoms with Crippen molar-refractivity contribution in [2.45, 2.75) is 57.5 Å². The lowest BCUT2D eigenvalue weighted by Crippen LogP contribution is -2.37. The van der Waals surface area contributed by atoms with E-state index in [4.69, 9.17) is 14.2 Å². The molecule has 1 aliphatic carbocycles. The van der Waals surface area contributed by atoms with Crippen LogP contribution in [0.25, 0.3) is 0 Å². The molecule has 0 heterocycles. The molecule has 116 valence electrons. The van der Waals surface area contributed by atoms with Crippen LogP contribution >= 0.6 is 0 Å². The first-order valence-corrected chi connectivity index (χ1v) is 7.49. The summed E-state index contributed by atoms with van der Waals surface area (Å²) in [6, 6.07) is 9.10. The zero-order chi connectivity index (χ0) is 15.3. The van der Waals surface area contributed by atoms with Gasteiger partial charge < -0.3 is 14.2 Å². The minimum Gasteiger partial charge on any atom is -0.459 e. The Bertz CT molecular complexity index is 455. The molecule has 1 aromatic rings. The number of carbonyl (C=O) groups excluding carboxylic acids is 1. The number of hydrogen-bond acceptors (Lipinski definition) is 4. The molecule has 0 spiro atoms. The zero-order valence-corrected chi connectivity index (χ0v) is 13.0. The summed E-state index contributed by atoms with van der Waals surface area (Å²) in [7, 11) is 1.63. The number of rotatable bonds is 5. The van der Waals surface area contributed by atoms with Gasteiger partial charge in [0, 0.05) is 13.5 Å². The molecule has 0 amide bonds. The summed E-state index contributed by atoms with van der Waals surface area (Å²) < 4.78 is 16.8. The van der Waals surface area contributed by atoms with Gasteiger partial charge in [-0.3, -0.25) is 0 Å². The Morgan fingerprint density at radius 1 is 1.14 bits per heavy atom. The number of methoxy groups -OCH3 is 1. The standard InChI is InChI=1S/C17H24O4/c1-17(2,19-3)21-15-11-7-10-14(12-15)20-16(18)13-8-5-4-6-9-13/h4-6,8-9,14-15H,7,10-12H2,1-3H3. The van der Waals surface area contributed by atoms with E-state index in [1.54, 1.807) is 19.2 Å². The van der Waals surface area contributed by atoms with Crippen LogP contribution in [-0.2, 0) is 14.2 Å². The van der Waals surface area contributed by atoms with Gasteiger partial charge >= 0.3 is 5.97 Å². The van der Waals surface area contributed by atoms with Crippen molar-refractivity contribution < 1.29 is 19.0 Å². The third kappa shape index (κ3) is 4.83. The third-order valence-electron chi connectivity index (χ3n) is 3.80. The van der Waals surface area contributed by atoms with Crippen molar-refractivity contribution in [1.29, 1.82) is 0 Å². The second-order valence-electron chi connectivity index (χ2n) is 5.90. The van der Waals surface area contributed by atoms with Crippen molar-refractivity contribution in [3.63, 3.8) is 0 Å². The number of ether oxygens (including phenoxy) is 3. The molecular formula is C17H24O4. The lowest BCUT2D eigenvalue weighted by Gasteiger charge is -2.34. The van der Waals surface area contributed by atoms with E-state index in [2.05, 4.69) is 0 Å². The molecule has 21 heavy (non-hydrogen) atoms. The lowest BCUT2D eigenvalue weighted by molar-refractivity contribution is -0.232. The van der Waals surface area contributed by atoms with E-state index in [9.17, 15) is 4.79 Å². The Balaban J connectivity index is 1.88. The quantitative estimate of drug-likeness (QED) is 0.615. The van der Waals surface area contributed by atoms with E-state index in [1.807, 2.05) is 32.0 Å². The fraction of sp³-hybridized carbons (Fsp3) is 0.588. The minimum absolute atomic E-state index is 0.0715. The summed E-state index contributed by atoms with van der Waals surface area (Å²) in [6.45, 7) is 3.79. The van der Waals surface area contributed by atoms with Crippen molar-refractivity contribution in [2.75, 3.05) is 7.11 Å². The topological polar surface area (TPSA) is 44.8 Å². The molecule has 0 aliphatic heterocycles. The molecule has 1 aromatic carbocycles. The van der Waals surface area contributed by atoms with E-state index < -0.39 is 5.79 Å². The predicted octanol–water partition coefficient (Wildman–Crippen LogP) is 3.55. The largest absolute Gasteiger partial charge is 0.459 e. The highest BCUT2D eigenvalue weighted by atomic mass is 16.7. The van der Waals surface area contributed by atoms with Crippen LogP contribution in [0.2, 0.25) is 0 Å². The summed E-state index contributed by atoms with van der Waals surface area (Å²) >= 11 is 0. The Morgan fingerprint density at radius 2 is 1.81 bits per heavy atom. The smallest absolute Gasteiger partial charge is 0.338 e. The second kappa shape index (κ2) is 7.05. The summed E-state index contributed by atoms with van der Waals surface area (Å²) in [5.74, 6) is -0.858. The maximum atomic E-state index is 12.1. The summed E-state index contributed by atoms with van der Waals surface area (Å²) in [4.78, 5) is 12.1. The van der Waals surface area contributed by atoms with Gasteiger partial charge in [-0.2, -0.15) is 0 Å². The van der Waals surface area contributed by atoms with E-state index in [1.165, 1.54) is 0 Å². The molecule has 2 rings (SSSR count). The first-order valence-electron chi connectivity index (χ1n) is 7.49. The molecule has 0 saturated heterocycles. The fourth-order valence-corrected chi connectivity index (χ4v) is 2.56. The highest BCUT2D eigenvalue weighted by Crippen LogP contribution is 2.27. The first-order chi connectivity index (χ1) is 10.00. The van der Waals surface area contributed by atoms with Gasteiger partial charge in [0.1, 0.15) is 6.10 Å². The van der Waals surface area contributed by atoms with E-state index >= 15 is 0 Å². The van der Waals surface area contributed by atoms with Gasteiger partial charge in [-0.1, -0.05) is 18.2 Å². The van der Waals surface area contributed by atoms with Gasteiger partial charge in [-0.25, -0.2) is 4.79 Å². The SMILES string of the molecule is COC(C)(C)OC1CCCC(OC(=O)c2ccccc2)C1. The van der Waals surface area contributed by atoms with Crippen LogP contribution in [-0.4, -0.2) is 31.1 Å². The average molecular weight is 292 g/mol. The molecule has 2 unspecified atom stereocenters. The maximum absolute atomic E-state index is 12.1. The highest BCUT2D eigenvalue weighted by Gasteiger charge is 2.30. The van der Waals surface area contributed by atoms with Crippen LogP contribution in [0.15, 0.2) is 30.3 Å². The van der Waals surface area contributed by atoms with Crippen molar-refractivity contribution >= 4 is 5.97 Å². The molecule has 2 atom stereocenters. The second-order valence-corrected chi connectivity index (χ2v) is 5.90. The van der Waals surface area contributed by atoms with Crippen molar-refractivity contribution in [3.05, 3.63) is 35.9 Å². The predicted molar refractivity (Wildman–Crippen MR) is 80.1 cm³/mol. The van der Waals surface area contributed by atoms with Gasteiger partial charge in [0.05, 0.1) is 11.7 Å². The van der Waals surface area contributed by atoms with E-state index in [-0.39, 0.29) is 18.2 Å². The summed E-state index contributed by atoms with van der Waals surface area (Å²) in [5.41, 5.74) is 0.595. The summed E-state index contributed by atoms with van der Waals surface area (Å²) in [5, 5.41) is 0. The Labute approximate surface area is 126 Å². The molecule has 0 radical (unpaired) electrons. The van der Waals surface area contributed by atoms with E-state index in [0.29, 0.717) is 5.56 Å². The number of carbonyl (C=O) groups is 1. The molecule has 0 aromatic heterocycles. The third-order valence-corrected chi connectivity index (χ3v) is 3.80. The van der Waals surface area contributed by atoms with Crippen molar-refractivity contribution in [2.24, 2.45) is 0 Å². The van der Waals surface area contributed by atoms with Gasteiger partial charge in [0.15, 0.2) is 5.79 Å². The highest BCUT2D eigenvalue weighted by molar-refractivity contribution is 5.89. The molecule has 1 saturated carbocycles. The Morgan fingerprint density at radius 3 is 2.48 bits per heavy atom. The number of hydrogen-bond donors (Lipinski definition) is 0.